The summed E-state index contributed by atoms with van der Waals surface area (Å²) in [5.74, 6) is -1.28. The number of hydrogen-bond acceptors (Lipinski definition) is 2. The van der Waals surface area contributed by atoms with Gasteiger partial charge in [0.15, 0.2) is 0 Å². The summed E-state index contributed by atoms with van der Waals surface area (Å²) >= 11 is 0. The molecule has 94 valence electrons. The number of hydrogen-bond donors (Lipinski definition) is 1. The summed E-state index contributed by atoms with van der Waals surface area (Å²) in [7, 11) is 0. The Bertz CT molecular complexity index is 537. The summed E-state index contributed by atoms with van der Waals surface area (Å²) in [4.78, 5) is 3.94. The van der Waals surface area contributed by atoms with Crippen LogP contribution < -0.4 is 0 Å². The lowest BCUT2D eigenvalue weighted by Gasteiger charge is -2.13. The van der Waals surface area contributed by atoms with Gasteiger partial charge in [-0.05, 0) is 36.2 Å². The van der Waals surface area contributed by atoms with Gasteiger partial charge in [0.1, 0.15) is 11.6 Å². The van der Waals surface area contributed by atoms with Crippen LogP contribution in [0.15, 0.2) is 36.7 Å². The molecule has 2 aromatic rings. The van der Waals surface area contributed by atoms with Crippen LogP contribution in [0.25, 0.3) is 0 Å². The number of nitrogens with zero attached hydrogens (tertiary/aromatic N) is 1. The van der Waals surface area contributed by atoms with E-state index in [0.29, 0.717) is 11.1 Å². The van der Waals surface area contributed by atoms with Crippen LogP contribution in [0.3, 0.4) is 0 Å². The van der Waals surface area contributed by atoms with Crippen molar-refractivity contribution in [3.8, 4) is 0 Å². The van der Waals surface area contributed by atoms with Gasteiger partial charge in [-0.2, -0.15) is 0 Å². The highest BCUT2D eigenvalue weighted by molar-refractivity contribution is 5.27. The Morgan fingerprint density at radius 1 is 1.22 bits per heavy atom. The van der Waals surface area contributed by atoms with Gasteiger partial charge < -0.3 is 5.11 Å². The molecule has 1 heterocycles. The number of pyridine rings is 1. The summed E-state index contributed by atoms with van der Waals surface area (Å²) in [5.41, 5.74) is 1.99. The van der Waals surface area contributed by atoms with Crippen molar-refractivity contribution in [2.75, 3.05) is 0 Å². The van der Waals surface area contributed by atoms with E-state index in [1.807, 2.05) is 6.92 Å². The molecule has 0 aliphatic rings. The molecule has 0 fully saturated rings. The monoisotopic (exact) mass is 249 g/mol. The minimum absolute atomic E-state index is 0.154. The fourth-order valence-electron chi connectivity index (χ4n) is 1.89. The van der Waals surface area contributed by atoms with Gasteiger partial charge in [-0.3, -0.25) is 4.98 Å². The van der Waals surface area contributed by atoms with Gasteiger partial charge in [-0.15, -0.1) is 0 Å². The molecule has 18 heavy (non-hydrogen) atoms. The van der Waals surface area contributed by atoms with E-state index in [-0.39, 0.29) is 6.42 Å². The van der Waals surface area contributed by atoms with Crippen molar-refractivity contribution in [1.82, 2.24) is 4.98 Å². The highest BCUT2D eigenvalue weighted by Gasteiger charge is 2.12. The highest BCUT2D eigenvalue weighted by Crippen LogP contribution is 2.21. The molecule has 4 heteroatoms. The van der Waals surface area contributed by atoms with Crippen LogP contribution in [0.2, 0.25) is 0 Å². The molecule has 0 bridgehead atoms. The Hall–Kier alpha value is -1.81. The summed E-state index contributed by atoms with van der Waals surface area (Å²) < 4.78 is 26.1. The fourth-order valence-corrected chi connectivity index (χ4v) is 1.89. The van der Waals surface area contributed by atoms with Gasteiger partial charge in [0.25, 0.3) is 0 Å². The summed E-state index contributed by atoms with van der Waals surface area (Å²) in [6.07, 6.45) is 2.53. The minimum Gasteiger partial charge on any atom is -0.388 e. The lowest BCUT2D eigenvalue weighted by molar-refractivity contribution is 0.177. The molecule has 0 aliphatic carbocycles. The Labute approximate surface area is 104 Å². The minimum atomic E-state index is -0.820. The van der Waals surface area contributed by atoms with Gasteiger partial charge in [0.2, 0.25) is 0 Å². The molecule has 1 N–H and O–H groups in total. The zero-order chi connectivity index (χ0) is 13.1. The number of aromatic nitrogens is 1. The second-order valence-corrected chi connectivity index (χ2v) is 4.23. The number of aliphatic hydroxyl groups excluding tert-OH is 1. The molecule has 1 unspecified atom stereocenters. The van der Waals surface area contributed by atoms with E-state index in [1.54, 1.807) is 18.5 Å². The third-order valence-electron chi connectivity index (χ3n) is 2.79. The second-order valence-electron chi connectivity index (χ2n) is 4.23. The quantitative estimate of drug-likeness (QED) is 0.907. The standard InChI is InChI=1S/C14H13F2NO/c1-9-2-3-17-8-13(9)14(18)6-10-4-11(15)7-12(16)5-10/h2-5,7-8,14,18H,6H2,1H3. The van der Waals surface area contributed by atoms with Gasteiger partial charge >= 0.3 is 0 Å². The molecule has 1 aromatic heterocycles. The van der Waals surface area contributed by atoms with Crippen molar-refractivity contribution in [1.29, 1.82) is 0 Å². The van der Waals surface area contributed by atoms with Gasteiger partial charge in [0, 0.05) is 30.4 Å². The van der Waals surface area contributed by atoms with E-state index in [9.17, 15) is 13.9 Å². The first kappa shape index (κ1) is 12.6. The number of benzene rings is 1. The third kappa shape index (κ3) is 2.90. The predicted molar refractivity (Wildman–Crippen MR) is 64.0 cm³/mol. The Kier molecular flexibility index (Phi) is 3.67. The molecule has 1 atom stereocenters. The second kappa shape index (κ2) is 5.23. The van der Waals surface area contributed by atoms with Crippen LogP contribution in [0.1, 0.15) is 22.8 Å². The Morgan fingerprint density at radius 2 is 1.89 bits per heavy atom. The summed E-state index contributed by atoms with van der Waals surface area (Å²) in [6, 6.07) is 5.03. The van der Waals surface area contributed by atoms with Crippen LogP contribution >= 0.6 is 0 Å². The van der Waals surface area contributed by atoms with Crippen LogP contribution in [0.5, 0.6) is 0 Å². The molecule has 1 aromatic carbocycles. The predicted octanol–water partition coefficient (Wildman–Crippen LogP) is 2.94. The van der Waals surface area contributed by atoms with Crippen molar-refractivity contribution in [2.24, 2.45) is 0 Å². The fraction of sp³-hybridized carbons (Fsp3) is 0.214. The van der Waals surface area contributed by atoms with Gasteiger partial charge in [0.05, 0.1) is 6.10 Å². The zero-order valence-electron chi connectivity index (χ0n) is 9.90. The lowest BCUT2D eigenvalue weighted by Crippen LogP contribution is -2.05. The van der Waals surface area contributed by atoms with Gasteiger partial charge in [-0.1, -0.05) is 0 Å². The molecular weight excluding hydrogens is 236 g/mol. The van der Waals surface area contributed by atoms with E-state index >= 15 is 0 Å². The smallest absolute Gasteiger partial charge is 0.126 e. The number of halogens is 2. The Balaban J connectivity index is 2.21. The lowest BCUT2D eigenvalue weighted by atomic mass is 9.99. The first-order valence-corrected chi connectivity index (χ1v) is 5.60. The SMILES string of the molecule is Cc1ccncc1C(O)Cc1cc(F)cc(F)c1. The largest absolute Gasteiger partial charge is 0.388 e. The number of aliphatic hydroxyl groups is 1. The molecule has 0 amide bonds. The topological polar surface area (TPSA) is 33.1 Å². The van der Waals surface area contributed by atoms with E-state index in [0.717, 1.165) is 11.6 Å². The van der Waals surface area contributed by atoms with Crippen LogP contribution in [0.4, 0.5) is 8.78 Å². The van der Waals surface area contributed by atoms with Crippen LogP contribution in [0, 0.1) is 18.6 Å². The maximum absolute atomic E-state index is 13.0. The molecule has 0 saturated carbocycles. The molecular formula is C14H13F2NO. The average molecular weight is 249 g/mol. The average Bonchev–Trinajstić information content (AvgIpc) is 2.27. The summed E-state index contributed by atoms with van der Waals surface area (Å²) in [5, 5.41) is 10.1. The summed E-state index contributed by atoms with van der Waals surface area (Å²) in [6.45, 7) is 1.85. The van der Waals surface area contributed by atoms with Gasteiger partial charge in [-0.25, -0.2) is 8.78 Å². The van der Waals surface area contributed by atoms with E-state index < -0.39 is 17.7 Å². The van der Waals surface area contributed by atoms with Crippen molar-refractivity contribution < 1.29 is 13.9 Å². The van der Waals surface area contributed by atoms with Crippen LogP contribution in [-0.4, -0.2) is 10.1 Å². The normalized spacial score (nSPS) is 12.4. The third-order valence-corrected chi connectivity index (χ3v) is 2.79. The molecule has 2 rings (SSSR count). The van der Waals surface area contributed by atoms with Crippen LogP contribution in [-0.2, 0) is 6.42 Å². The zero-order valence-corrected chi connectivity index (χ0v) is 9.90. The van der Waals surface area contributed by atoms with E-state index in [4.69, 9.17) is 0 Å². The molecule has 0 saturated heterocycles. The van der Waals surface area contributed by atoms with Crippen molar-refractivity contribution in [3.63, 3.8) is 0 Å². The maximum Gasteiger partial charge on any atom is 0.126 e. The molecule has 0 aliphatic heterocycles. The molecule has 0 spiro atoms. The van der Waals surface area contributed by atoms with E-state index in [2.05, 4.69) is 4.98 Å². The van der Waals surface area contributed by atoms with E-state index in [1.165, 1.54) is 12.1 Å². The maximum atomic E-state index is 13.0. The van der Waals surface area contributed by atoms with Crippen molar-refractivity contribution in [2.45, 2.75) is 19.4 Å². The van der Waals surface area contributed by atoms with Crippen molar-refractivity contribution in [3.05, 3.63) is 65.0 Å². The Morgan fingerprint density at radius 3 is 2.50 bits per heavy atom. The first-order chi connectivity index (χ1) is 8.56. The van der Waals surface area contributed by atoms with Crippen molar-refractivity contribution >= 4 is 0 Å². The highest BCUT2D eigenvalue weighted by atomic mass is 19.1. The first-order valence-electron chi connectivity index (χ1n) is 5.60. The number of aryl methyl sites for hydroxylation is 1. The molecule has 2 nitrogen and oxygen atoms in total. The number of rotatable bonds is 3. The molecule has 0 radical (unpaired) electrons.